The van der Waals surface area contributed by atoms with Gasteiger partial charge in [-0.25, -0.2) is 9.48 Å². The Morgan fingerprint density at radius 2 is 2.14 bits per heavy atom. The summed E-state index contributed by atoms with van der Waals surface area (Å²) in [5, 5.41) is 16.6. The van der Waals surface area contributed by atoms with Crippen LogP contribution in [0, 0.1) is 13.8 Å². The first-order valence-electron chi connectivity index (χ1n) is 6.88. The average Bonchev–Trinajstić information content (AvgIpc) is 2.85. The third-order valence-corrected chi connectivity index (χ3v) is 3.28. The number of aromatic nitrogens is 3. The topological polar surface area (TPSA) is 77.2 Å². The van der Waals surface area contributed by atoms with Gasteiger partial charge >= 0.3 is 5.97 Å². The van der Waals surface area contributed by atoms with E-state index in [0.717, 1.165) is 16.9 Å². The first-order chi connectivity index (χ1) is 10.0. The molecule has 6 nitrogen and oxygen atoms in total. The van der Waals surface area contributed by atoms with E-state index in [-0.39, 0.29) is 5.69 Å². The van der Waals surface area contributed by atoms with E-state index in [0.29, 0.717) is 25.3 Å². The second kappa shape index (κ2) is 6.39. The molecule has 6 heteroatoms. The van der Waals surface area contributed by atoms with Crippen LogP contribution in [0.4, 0.5) is 0 Å². The molecule has 0 atom stereocenters. The minimum atomic E-state index is -1.05. The molecule has 0 amide bonds. The van der Waals surface area contributed by atoms with Gasteiger partial charge in [-0.1, -0.05) is 24.3 Å². The van der Waals surface area contributed by atoms with Gasteiger partial charge in [-0.3, -0.25) is 0 Å². The number of rotatable bonds is 6. The Hall–Kier alpha value is -2.37. The molecule has 21 heavy (non-hydrogen) atoms. The lowest BCUT2D eigenvalue weighted by Crippen LogP contribution is -2.13. The lowest BCUT2D eigenvalue weighted by molar-refractivity contribution is 0.0689. The van der Waals surface area contributed by atoms with Gasteiger partial charge in [0, 0.05) is 0 Å². The van der Waals surface area contributed by atoms with Gasteiger partial charge in [-0.05, 0) is 37.5 Å². The normalized spacial score (nSPS) is 10.6. The number of hydrogen-bond acceptors (Lipinski definition) is 4. The van der Waals surface area contributed by atoms with E-state index >= 15 is 0 Å². The molecule has 0 saturated carbocycles. The van der Waals surface area contributed by atoms with Crippen molar-refractivity contribution in [3.05, 3.63) is 40.7 Å². The van der Waals surface area contributed by atoms with Crippen molar-refractivity contribution < 1.29 is 14.6 Å². The number of carboxylic acid groups (broad SMARTS) is 1. The third-order valence-electron chi connectivity index (χ3n) is 3.28. The first kappa shape index (κ1) is 15.0. The van der Waals surface area contributed by atoms with Crippen LogP contribution in [0.3, 0.4) is 0 Å². The predicted molar refractivity (Wildman–Crippen MR) is 77.8 cm³/mol. The van der Waals surface area contributed by atoms with Gasteiger partial charge in [-0.15, -0.1) is 5.10 Å². The monoisotopic (exact) mass is 289 g/mol. The molecule has 0 unspecified atom stereocenters. The van der Waals surface area contributed by atoms with E-state index in [1.54, 1.807) is 4.68 Å². The second-order valence-corrected chi connectivity index (χ2v) is 4.88. The number of ether oxygens (including phenoxy) is 1. The standard InChI is InChI=1S/C15H19N3O3/c1-4-12-14(15(19)20)16-17-18(12)7-8-21-13-9-10(2)5-6-11(13)3/h5-6,9H,4,7-8H2,1-3H3,(H,19,20). The van der Waals surface area contributed by atoms with Crippen LogP contribution in [-0.4, -0.2) is 32.7 Å². The van der Waals surface area contributed by atoms with Gasteiger partial charge < -0.3 is 9.84 Å². The van der Waals surface area contributed by atoms with E-state index < -0.39 is 5.97 Å². The maximum Gasteiger partial charge on any atom is 0.358 e. The van der Waals surface area contributed by atoms with Gasteiger partial charge in [0.15, 0.2) is 5.69 Å². The summed E-state index contributed by atoms with van der Waals surface area (Å²) in [6.45, 7) is 6.77. The van der Waals surface area contributed by atoms with Crippen molar-refractivity contribution in [3.63, 3.8) is 0 Å². The van der Waals surface area contributed by atoms with Crippen molar-refractivity contribution in [2.75, 3.05) is 6.61 Å². The molecule has 1 aromatic heterocycles. The zero-order chi connectivity index (χ0) is 15.4. The number of carboxylic acids is 1. The van der Waals surface area contributed by atoms with Gasteiger partial charge in [0.25, 0.3) is 0 Å². The molecule has 0 bridgehead atoms. The molecule has 1 N–H and O–H groups in total. The first-order valence-corrected chi connectivity index (χ1v) is 6.88. The Morgan fingerprint density at radius 3 is 2.81 bits per heavy atom. The van der Waals surface area contributed by atoms with E-state index in [1.165, 1.54) is 0 Å². The highest BCUT2D eigenvalue weighted by atomic mass is 16.5. The third kappa shape index (κ3) is 3.39. The van der Waals surface area contributed by atoms with Crippen LogP contribution in [-0.2, 0) is 13.0 Å². The molecule has 2 rings (SSSR count). The van der Waals surface area contributed by atoms with Crippen LogP contribution in [0.5, 0.6) is 5.75 Å². The fourth-order valence-corrected chi connectivity index (χ4v) is 2.13. The number of nitrogens with zero attached hydrogens (tertiary/aromatic N) is 3. The molecule has 1 heterocycles. The van der Waals surface area contributed by atoms with Crippen LogP contribution in [0.15, 0.2) is 18.2 Å². The minimum absolute atomic E-state index is 0.0178. The molecule has 2 aromatic rings. The molecule has 0 aliphatic carbocycles. The van der Waals surface area contributed by atoms with Crippen molar-refractivity contribution in [1.82, 2.24) is 15.0 Å². The summed E-state index contributed by atoms with van der Waals surface area (Å²) < 4.78 is 7.35. The molecule has 0 saturated heterocycles. The number of aryl methyl sites for hydroxylation is 2. The largest absolute Gasteiger partial charge is 0.491 e. The lowest BCUT2D eigenvalue weighted by Gasteiger charge is -2.10. The van der Waals surface area contributed by atoms with Crippen LogP contribution in [0.2, 0.25) is 0 Å². The summed E-state index contributed by atoms with van der Waals surface area (Å²) in [6, 6.07) is 6.04. The zero-order valence-electron chi connectivity index (χ0n) is 12.5. The predicted octanol–water partition coefficient (Wildman–Crippen LogP) is 2.23. The number of aromatic carboxylic acids is 1. The van der Waals surface area contributed by atoms with Crippen molar-refractivity contribution >= 4 is 5.97 Å². The zero-order valence-corrected chi connectivity index (χ0v) is 12.5. The fourth-order valence-electron chi connectivity index (χ4n) is 2.13. The smallest absolute Gasteiger partial charge is 0.358 e. The van der Waals surface area contributed by atoms with Crippen molar-refractivity contribution in [2.45, 2.75) is 33.7 Å². The number of hydrogen-bond donors (Lipinski definition) is 1. The quantitative estimate of drug-likeness (QED) is 0.882. The van der Waals surface area contributed by atoms with Crippen molar-refractivity contribution in [1.29, 1.82) is 0 Å². The van der Waals surface area contributed by atoms with Crippen molar-refractivity contribution in [3.8, 4) is 5.75 Å². The molecule has 112 valence electrons. The number of carbonyl (C=O) groups is 1. The van der Waals surface area contributed by atoms with Crippen molar-refractivity contribution in [2.24, 2.45) is 0 Å². The molecule has 0 radical (unpaired) electrons. The van der Waals surface area contributed by atoms with E-state index in [9.17, 15) is 4.79 Å². The van der Waals surface area contributed by atoms with E-state index in [4.69, 9.17) is 9.84 Å². The average molecular weight is 289 g/mol. The summed E-state index contributed by atoms with van der Waals surface area (Å²) in [6.07, 6.45) is 0.568. The van der Waals surface area contributed by atoms with Gasteiger partial charge in [0.05, 0.1) is 12.2 Å². The van der Waals surface area contributed by atoms with Crippen LogP contribution in [0.25, 0.3) is 0 Å². The molecule has 0 aliphatic rings. The molecule has 0 fully saturated rings. The maximum absolute atomic E-state index is 11.0. The Kier molecular flexibility index (Phi) is 4.57. The Bertz CT molecular complexity index is 650. The van der Waals surface area contributed by atoms with Crippen LogP contribution in [0.1, 0.15) is 34.2 Å². The summed E-state index contributed by atoms with van der Waals surface area (Å²) >= 11 is 0. The van der Waals surface area contributed by atoms with E-state index in [1.807, 2.05) is 39.0 Å². The Labute approximate surface area is 123 Å². The second-order valence-electron chi connectivity index (χ2n) is 4.88. The van der Waals surface area contributed by atoms with E-state index in [2.05, 4.69) is 10.3 Å². The lowest BCUT2D eigenvalue weighted by atomic mass is 10.1. The molecular formula is C15H19N3O3. The van der Waals surface area contributed by atoms with Gasteiger partial charge in [0.1, 0.15) is 12.4 Å². The highest BCUT2D eigenvalue weighted by molar-refractivity contribution is 5.86. The van der Waals surface area contributed by atoms with Gasteiger partial charge in [-0.2, -0.15) is 0 Å². The van der Waals surface area contributed by atoms with Crippen LogP contribution < -0.4 is 4.74 Å². The summed E-state index contributed by atoms with van der Waals surface area (Å²) in [7, 11) is 0. The highest BCUT2D eigenvalue weighted by Crippen LogP contribution is 2.19. The Morgan fingerprint density at radius 1 is 1.38 bits per heavy atom. The summed E-state index contributed by atoms with van der Waals surface area (Å²) in [4.78, 5) is 11.0. The maximum atomic E-state index is 11.0. The molecular weight excluding hydrogens is 270 g/mol. The molecule has 0 aliphatic heterocycles. The molecule has 1 aromatic carbocycles. The molecule has 0 spiro atoms. The number of benzene rings is 1. The highest BCUT2D eigenvalue weighted by Gasteiger charge is 2.17. The summed E-state index contributed by atoms with van der Waals surface area (Å²) in [5.41, 5.74) is 2.84. The van der Waals surface area contributed by atoms with Gasteiger partial charge in [0.2, 0.25) is 0 Å². The minimum Gasteiger partial charge on any atom is -0.491 e. The summed E-state index contributed by atoms with van der Waals surface area (Å²) in [5.74, 6) is -0.208. The van der Waals surface area contributed by atoms with Crippen LogP contribution >= 0.6 is 0 Å². The fraction of sp³-hybridized carbons (Fsp3) is 0.400. The Balaban J connectivity index is 2.04. The SMILES string of the molecule is CCc1c(C(=O)O)nnn1CCOc1cc(C)ccc1C.